The van der Waals surface area contributed by atoms with E-state index >= 15 is 0 Å². The highest BCUT2D eigenvalue weighted by atomic mass is 35.5. The second-order valence-electron chi connectivity index (χ2n) is 5.98. The van der Waals surface area contributed by atoms with Gasteiger partial charge in [0.2, 0.25) is 5.91 Å². The van der Waals surface area contributed by atoms with Crippen molar-refractivity contribution in [2.75, 3.05) is 13.2 Å². The van der Waals surface area contributed by atoms with Gasteiger partial charge in [0.05, 0.1) is 17.2 Å². The lowest BCUT2D eigenvalue weighted by Gasteiger charge is -2.10. The fraction of sp³-hybridized carbons (Fsp3) is 0.105. The monoisotopic (exact) mass is 417 g/mol. The molecule has 4 rings (SSSR count). The van der Waals surface area contributed by atoms with Crippen molar-refractivity contribution in [2.45, 2.75) is 0 Å². The Hall–Kier alpha value is -2.41. The molecule has 2 aromatic carbocycles. The first-order chi connectivity index (χ1) is 13.0. The Balaban J connectivity index is 1.82. The number of thiazole rings is 1. The first kappa shape index (κ1) is 18.0. The van der Waals surface area contributed by atoms with Crippen LogP contribution < -0.4 is 5.32 Å². The second kappa shape index (κ2) is 7.31. The maximum absolute atomic E-state index is 12.8. The van der Waals surface area contributed by atoms with E-state index in [0.29, 0.717) is 20.7 Å². The van der Waals surface area contributed by atoms with Crippen LogP contribution in [0.1, 0.15) is 9.80 Å². The van der Waals surface area contributed by atoms with E-state index in [1.54, 1.807) is 18.2 Å². The quantitative estimate of drug-likeness (QED) is 0.690. The van der Waals surface area contributed by atoms with Crippen molar-refractivity contribution in [2.24, 2.45) is 0 Å². The predicted octanol–water partition coefficient (Wildman–Crippen LogP) is 4.31. The number of aromatic nitrogens is 1. The van der Waals surface area contributed by atoms with Gasteiger partial charge in [0.1, 0.15) is 6.54 Å². The van der Waals surface area contributed by atoms with E-state index in [-0.39, 0.29) is 25.0 Å². The van der Waals surface area contributed by atoms with Crippen LogP contribution in [-0.2, 0) is 4.79 Å². The molecule has 1 aliphatic rings. The fourth-order valence-corrected chi connectivity index (χ4v) is 4.25. The number of hydrogen-bond donors (Lipinski definition) is 1. The van der Waals surface area contributed by atoms with Gasteiger partial charge < -0.3 is 10.2 Å². The van der Waals surface area contributed by atoms with Crippen LogP contribution in [-0.4, -0.2) is 34.9 Å². The Labute approximate surface area is 169 Å². The van der Waals surface area contributed by atoms with Crippen molar-refractivity contribution in [1.29, 1.82) is 0 Å². The van der Waals surface area contributed by atoms with E-state index in [1.807, 2.05) is 30.3 Å². The van der Waals surface area contributed by atoms with Crippen LogP contribution in [0, 0.1) is 0 Å². The molecule has 8 heteroatoms. The Kier molecular flexibility index (Phi) is 4.86. The van der Waals surface area contributed by atoms with Crippen molar-refractivity contribution in [3.63, 3.8) is 0 Å². The van der Waals surface area contributed by atoms with Gasteiger partial charge in [-0.1, -0.05) is 47.5 Å². The van der Waals surface area contributed by atoms with Gasteiger partial charge in [0.15, 0.2) is 5.01 Å². The number of nitrogens with one attached hydrogen (secondary N) is 1. The van der Waals surface area contributed by atoms with Crippen LogP contribution in [0.5, 0.6) is 0 Å². The molecule has 1 fully saturated rings. The Morgan fingerprint density at radius 2 is 1.74 bits per heavy atom. The SMILES string of the molecule is O=C1CN(C(=O)c2nc(-c3cccc(Cl)c3)c(-c3cccc(Cl)c3)s2)CN1. The summed E-state index contributed by atoms with van der Waals surface area (Å²) in [4.78, 5) is 31.1. The van der Waals surface area contributed by atoms with E-state index in [0.717, 1.165) is 16.0 Å². The molecule has 0 saturated carbocycles. The smallest absolute Gasteiger partial charge is 0.284 e. The molecular formula is C19H13Cl2N3O2S. The normalized spacial score (nSPS) is 13.7. The molecule has 0 aliphatic carbocycles. The topological polar surface area (TPSA) is 62.3 Å². The lowest BCUT2D eigenvalue weighted by Crippen LogP contribution is -2.29. The molecule has 1 N–H and O–H groups in total. The molecule has 5 nitrogen and oxygen atoms in total. The van der Waals surface area contributed by atoms with Crippen LogP contribution in [0.25, 0.3) is 21.7 Å². The molecule has 0 spiro atoms. The van der Waals surface area contributed by atoms with Crippen LogP contribution in [0.4, 0.5) is 0 Å². The number of carbonyl (C=O) groups is 2. The standard InChI is InChI=1S/C19H13Cl2N3O2S/c20-13-5-1-3-11(7-13)16-17(12-4-2-6-14(21)8-12)27-18(23-16)19(26)24-9-15(25)22-10-24/h1-8H,9-10H2,(H,22,25). The second-order valence-corrected chi connectivity index (χ2v) is 7.85. The highest BCUT2D eigenvalue weighted by Gasteiger charge is 2.28. The van der Waals surface area contributed by atoms with Gasteiger partial charge in [0, 0.05) is 15.6 Å². The molecule has 1 saturated heterocycles. The van der Waals surface area contributed by atoms with Crippen LogP contribution in [0.3, 0.4) is 0 Å². The van der Waals surface area contributed by atoms with E-state index in [2.05, 4.69) is 10.3 Å². The molecule has 1 aromatic heterocycles. The zero-order valence-electron chi connectivity index (χ0n) is 13.9. The molecule has 3 aromatic rings. The Bertz CT molecular complexity index is 988. The summed E-state index contributed by atoms with van der Waals surface area (Å²) in [5.41, 5.74) is 2.33. The van der Waals surface area contributed by atoms with Gasteiger partial charge in [-0.2, -0.15) is 0 Å². The minimum Gasteiger partial charge on any atom is -0.337 e. The van der Waals surface area contributed by atoms with E-state index < -0.39 is 0 Å². The summed E-state index contributed by atoms with van der Waals surface area (Å²) >= 11 is 13.6. The third-order valence-corrected chi connectivity index (χ3v) is 5.65. The minimum absolute atomic E-state index is 0.0391. The highest BCUT2D eigenvalue weighted by Crippen LogP contribution is 2.38. The summed E-state index contributed by atoms with van der Waals surface area (Å²) in [5, 5.41) is 4.12. The van der Waals surface area contributed by atoms with Gasteiger partial charge in [0.25, 0.3) is 5.91 Å². The van der Waals surface area contributed by atoms with Crippen molar-refractivity contribution in [3.05, 3.63) is 63.6 Å². The number of carbonyl (C=O) groups excluding carboxylic acids is 2. The van der Waals surface area contributed by atoms with Crippen LogP contribution in [0.15, 0.2) is 48.5 Å². The highest BCUT2D eigenvalue weighted by molar-refractivity contribution is 7.17. The van der Waals surface area contributed by atoms with Crippen molar-refractivity contribution in [1.82, 2.24) is 15.2 Å². The molecule has 136 valence electrons. The fourth-order valence-electron chi connectivity index (χ4n) is 2.82. The summed E-state index contributed by atoms with van der Waals surface area (Å²) < 4.78 is 0. The van der Waals surface area contributed by atoms with Gasteiger partial charge >= 0.3 is 0 Å². The van der Waals surface area contributed by atoms with Crippen molar-refractivity contribution < 1.29 is 9.59 Å². The summed E-state index contributed by atoms with van der Waals surface area (Å²) in [5.74, 6) is -0.458. The average molecular weight is 418 g/mol. The molecule has 0 bridgehead atoms. The molecule has 27 heavy (non-hydrogen) atoms. The number of hydrogen-bond acceptors (Lipinski definition) is 4. The molecule has 2 heterocycles. The van der Waals surface area contributed by atoms with Crippen LogP contribution >= 0.6 is 34.5 Å². The van der Waals surface area contributed by atoms with E-state index in [4.69, 9.17) is 23.2 Å². The summed E-state index contributed by atoms with van der Waals surface area (Å²) in [6.07, 6.45) is 0. The lowest BCUT2D eigenvalue weighted by atomic mass is 10.1. The maximum Gasteiger partial charge on any atom is 0.284 e. The predicted molar refractivity (Wildman–Crippen MR) is 107 cm³/mol. The number of rotatable bonds is 3. The van der Waals surface area contributed by atoms with E-state index in [9.17, 15) is 9.59 Å². The zero-order chi connectivity index (χ0) is 19.0. The Morgan fingerprint density at radius 1 is 1.07 bits per heavy atom. The molecular weight excluding hydrogens is 405 g/mol. The average Bonchev–Trinajstić information content (AvgIpc) is 3.28. The molecule has 0 atom stereocenters. The summed E-state index contributed by atoms with van der Waals surface area (Å²) in [6.45, 7) is 0.230. The molecule has 0 unspecified atom stereocenters. The summed E-state index contributed by atoms with van der Waals surface area (Å²) in [7, 11) is 0. The minimum atomic E-state index is -0.282. The zero-order valence-corrected chi connectivity index (χ0v) is 16.2. The van der Waals surface area contributed by atoms with Gasteiger partial charge in [-0.15, -0.1) is 11.3 Å². The van der Waals surface area contributed by atoms with Crippen LogP contribution in [0.2, 0.25) is 10.0 Å². The maximum atomic E-state index is 12.8. The number of benzene rings is 2. The lowest BCUT2D eigenvalue weighted by molar-refractivity contribution is -0.118. The largest absolute Gasteiger partial charge is 0.337 e. The van der Waals surface area contributed by atoms with Crippen molar-refractivity contribution in [3.8, 4) is 21.7 Å². The molecule has 2 amide bonds. The third kappa shape index (κ3) is 3.69. The first-order valence-electron chi connectivity index (χ1n) is 8.10. The number of amides is 2. The first-order valence-corrected chi connectivity index (χ1v) is 9.67. The number of nitrogens with zero attached hydrogens (tertiary/aromatic N) is 2. The van der Waals surface area contributed by atoms with Gasteiger partial charge in [-0.25, -0.2) is 4.98 Å². The summed E-state index contributed by atoms with van der Waals surface area (Å²) in [6, 6.07) is 14.7. The molecule has 0 radical (unpaired) electrons. The van der Waals surface area contributed by atoms with Crippen molar-refractivity contribution >= 4 is 46.4 Å². The Morgan fingerprint density at radius 3 is 2.37 bits per heavy atom. The van der Waals surface area contributed by atoms with E-state index in [1.165, 1.54) is 16.2 Å². The third-order valence-electron chi connectivity index (χ3n) is 4.08. The molecule has 1 aliphatic heterocycles. The van der Waals surface area contributed by atoms with Gasteiger partial charge in [-0.05, 0) is 29.8 Å². The van der Waals surface area contributed by atoms with Gasteiger partial charge in [-0.3, -0.25) is 9.59 Å². The number of halogens is 2.